The fraction of sp³-hybridized carbons (Fsp3) is 0.273. The molecule has 1 aromatic rings. The highest BCUT2D eigenvalue weighted by molar-refractivity contribution is 5.32. The fourth-order valence-corrected chi connectivity index (χ4v) is 0.882. The summed E-state index contributed by atoms with van der Waals surface area (Å²) >= 11 is 0. The third kappa shape index (κ3) is 3.09. The molecule has 3 heteroatoms. The Morgan fingerprint density at radius 2 is 2.21 bits per heavy atom. The first kappa shape index (κ1) is 10.6. The van der Waals surface area contributed by atoms with E-state index in [1.807, 2.05) is 19.9 Å². The van der Waals surface area contributed by atoms with Crippen molar-refractivity contribution in [1.82, 2.24) is 0 Å². The third-order valence-electron chi connectivity index (χ3n) is 1.66. The molecule has 0 aliphatic rings. The van der Waals surface area contributed by atoms with Crippen LogP contribution in [0.4, 0.5) is 4.39 Å². The van der Waals surface area contributed by atoms with Crippen LogP contribution in [0.1, 0.15) is 13.8 Å². The van der Waals surface area contributed by atoms with Gasteiger partial charge in [0.25, 0.3) is 0 Å². The topological polar surface area (TPSA) is 29.5 Å². The van der Waals surface area contributed by atoms with Gasteiger partial charge in [-0.1, -0.05) is 5.57 Å². The second-order valence-corrected chi connectivity index (χ2v) is 3.21. The van der Waals surface area contributed by atoms with Crippen molar-refractivity contribution in [2.75, 3.05) is 6.61 Å². The van der Waals surface area contributed by atoms with Crippen molar-refractivity contribution in [2.24, 2.45) is 0 Å². The molecule has 0 atom stereocenters. The lowest BCUT2D eigenvalue weighted by atomic mass is 10.3. The minimum atomic E-state index is -0.667. The Hall–Kier alpha value is -1.51. The van der Waals surface area contributed by atoms with Crippen molar-refractivity contribution in [3.8, 4) is 11.5 Å². The van der Waals surface area contributed by atoms with Crippen LogP contribution in [-0.2, 0) is 0 Å². The average molecular weight is 196 g/mol. The Morgan fingerprint density at radius 1 is 1.50 bits per heavy atom. The Morgan fingerprint density at radius 3 is 2.79 bits per heavy atom. The van der Waals surface area contributed by atoms with Gasteiger partial charge in [-0.05, 0) is 32.1 Å². The Balaban J connectivity index is 2.60. The third-order valence-corrected chi connectivity index (χ3v) is 1.66. The van der Waals surface area contributed by atoms with E-state index in [2.05, 4.69) is 0 Å². The summed E-state index contributed by atoms with van der Waals surface area (Å²) in [6.07, 6.45) is 1.89. The standard InChI is InChI=1S/C11H13FO2/c1-8(2)5-6-14-9-3-4-11(13)10(12)7-9/h3-5,7,13H,6H2,1-2H3. The molecular weight excluding hydrogens is 183 g/mol. The zero-order valence-electron chi connectivity index (χ0n) is 8.25. The van der Waals surface area contributed by atoms with Gasteiger partial charge in [0.2, 0.25) is 0 Å². The molecule has 0 aliphatic carbocycles. The lowest BCUT2D eigenvalue weighted by Gasteiger charge is -2.03. The number of halogens is 1. The smallest absolute Gasteiger partial charge is 0.168 e. The lowest BCUT2D eigenvalue weighted by molar-refractivity contribution is 0.356. The van der Waals surface area contributed by atoms with Crippen LogP contribution in [0.15, 0.2) is 29.8 Å². The zero-order chi connectivity index (χ0) is 10.6. The highest BCUT2D eigenvalue weighted by Gasteiger charge is 2.01. The molecule has 0 spiro atoms. The van der Waals surface area contributed by atoms with Gasteiger partial charge in [0, 0.05) is 6.07 Å². The molecular formula is C11H13FO2. The van der Waals surface area contributed by atoms with E-state index in [1.165, 1.54) is 12.1 Å². The van der Waals surface area contributed by atoms with E-state index < -0.39 is 5.82 Å². The molecule has 1 aromatic carbocycles. The van der Waals surface area contributed by atoms with Crippen LogP contribution in [0.3, 0.4) is 0 Å². The van der Waals surface area contributed by atoms with Crippen LogP contribution in [0.5, 0.6) is 11.5 Å². The largest absolute Gasteiger partial charge is 0.505 e. The van der Waals surface area contributed by atoms with Gasteiger partial charge >= 0.3 is 0 Å². The number of allylic oxidation sites excluding steroid dienone is 1. The summed E-state index contributed by atoms with van der Waals surface area (Å²) in [5.41, 5.74) is 1.14. The molecule has 0 bridgehead atoms. The first-order valence-electron chi connectivity index (χ1n) is 4.34. The molecule has 1 N–H and O–H groups in total. The summed E-state index contributed by atoms with van der Waals surface area (Å²) in [7, 11) is 0. The number of hydrogen-bond acceptors (Lipinski definition) is 2. The molecule has 0 amide bonds. The highest BCUT2D eigenvalue weighted by Crippen LogP contribution is 2.20. The number of hydrogen-bond donors (Lipinski definition) is 1. The first-order chi connectivity index (χ1) is 6.59. The lowest BCUT2D eigenvalue weighted by Crippen LogP contribution is -1.94. The molecule has 14 heavy (non-hydrogen) atoms. The molecule has 1 rings (SSSR count). The SMILES string of the molecule is CC(C)=CCOc1ccc(O)c(F)c1. The van der Waals surface area contributed by atoms with Crippen LogP contribution < -0.4 is 4.74 Å². The van der Waals surface area contributed by atoms with E-state index in [-0.39, 0.29) is 5.75 Å². The summed E-state index contributed by atoms with van der Waals surface area (Å²) in [6.45, 7) is 4.33. The van der Waals surface area contributed by atoms with Crippen molar-refractivity contribution in [3.05, 3.63) is 35.7 Å². The van der Waals surface area contributed by atoms with Crippen molar-refractivity contribution < 1.29 is 14.2 Å². The Kier molecular flexibility index (Phi) is 3.51. The first-order valence-corrected chi connectivity index (χ1v) is 4.34. The maximum atomic E-state index is 12.8. The Labute approximate surface area is 82.6 Å². The van der Waals surface area contributed by atoms with E-state index in [0.717, 1.165) is 11.6 Å². The van der Waals surface area contributed by atoms with E-state index in [4.69, 9.17) is 9.84 Å². The van der Waals surface area contributed by atoms with E-state index in [9.17, 15) is 4.39 Å². The zero-order valence-corrected chi connectivity index (χ0v) is 8.25. The van der Waals surface area contributed by atoms with Crippen molar-refractivity contribution >= 4 is 0 Å². The van der Waals surface area contributed by atoms with Gasteiger partial charge in [-0.25, -0.2) is 4.39 Å². The average Bonchev–Trinajstić information content (AvgIpc) is 2.10. The summed E-state index contributed by atoms with van der Waals surface area (Å²) in [5.74, 6) is -0.614. The van der Waals surface area contributed by atoms with Crippen molar-refractivity contribution in [3.63, 3.8) is 0 Å². The quantitative estimate of drug-likeness (QED) is 0.753. The molecule has 0 radical (unpaired) electrons. The van der Waals surface area contributed by atoms with Crippen molar-refractivity contribution in [1.29, 1.82) is 0 Å². The van der Waals surface area contributed by atoms with E-state index >= 15 is 0 Å². The normalized spacial score (nSPS) is 9.64. The Bertz CT molecular complexity index is 341. The second kappa shape index (κ2) is 4.65. The number of ether oxygens (including phenoxy) is 1. The fourth-order valence-electron chi connectivity index (χ4n) is 0.882. The van der Waals surface area contributed by atoms with Gasteiger partial charge in [-0.2, -0.15) is 0 Å². The van der Waals surface area contributed by atoms with Crippen LogP contribution in [0, 0.1) is 5.82 Å². The predicted molar refractivity (Wildman–Crippen MR) is 53.0 cm³/mol. The molecule has 0 fully saturated rings. The molecule has 0 unspecified atom stereocenters. The molecule has 0 aromatic heterocycles. The van der Waals surface area contributed by atoms with E-state index in [0.29, 0.717) is 12.4 Å². The second-order valence-electron chi connectivity index (χ2n) is 3.21. The molecule has 0 heterocycles. The van der Waals surface area contributed by atoms with Crippen LogP contribution in [0.25, 0.3) is 0 Å². The molecule has 0 saturated heterocycles. The summed E-state index contributed by atoms with van der Waals surface area (Å²) in [6, 6.07) is 3.96. The number of phenols is 1. The highest BCUT2D eigenvalue weighted by atomic mass is 19.1. The molecule has 2 nitrogen and oxygen atoms in total. The van der Waals surface area contributed by atoms with Gasteiger partial charge in [-0.3, -0.25) is 0 Å². The number of benzene rings is 1. The summed E-state index contributed by atoms with van der Waals surface area (Å²) in [5, 5.41) is 8.91. The maximum Gasteiger partial charge on any atom is 0.168 e. The molecule has 0 aliphatic heterocycles. The van der Waals surface area contributed by atoms with Gasteiger partial charge in [0.15, 0.2) is 11.6 Å². The van der Waals surface area contributed by atoms with Gasteiger partial charge in [-0.15, -0.1) is 0 Å². The van der Waals surface area contributed by atoms with Crippen LogP contribution >= 0.6 is 0 Å². The van der Waals surface area contributed by atoms with Gasteiger partial charge < -0.3 is 9.84 Å². The van der Waals surface area contributed by atoms with Gasteiger partial charge in [0.05, 0.1) is 0 Å². The minimum Gasteiger partial charge on any atom is -0.505 e. The number of rotatable bonds is 3. The van der Waals surface area contributed by atoms with Crippen molar-refractivity contribution in [2.45, 2.75) is 13.8 Å². The minimum absolute atomic E-state index is 0.362. The van der Waals surface area contributed by atoms with Gasteiger partial charge in [0.1, 0.15) is 12.4 Å². The molecule has 0 saturated carbocycles. The predicted octanol–water partition coefficient (Wildman–Crippen LogP) is 2.88. The monoisotopic (exact) mass is 196 g/mol. The summed E-state index contributed by atoms with van der Waals surface area (Å²) < 4.78 is 18.0. The maximum absolute atomic E-state index is 12.8. The van der Waals surface area contributed by atoms with E-state index in [1.54, 1.807) is 0 Å². The number of aromatic hydroxyl groups is 1. The van der Waals surface area contributed by atoms with Crippen LogP contribution in [-0.4, -0.2) is 11.7 Å². The number of phenolic OH excluding ortho intramolecular Hbond substituents is 1. The van der Waals surface area contributed by atoms with Crippen LogP contribution in [0.2, 0.25) is 0 Å². The summed E-state index contributed by atoms with van der Waals surface area (Å²) in [4.78, 5) is 0. The molecule has 76 valence electrons.